The lowest BCUT2D eigenvalue weighted by atomic mass is 10.1. The van der Waals surface area contributed by atoms with E-state index in [4.69, 9.17) is 5.11 Å². The molecule has 0 saturated carbocycles. The molecule has 0 fully saturated rings. The number of nitrogens with zero attached hydrogens (tertiary/aromatic N) is 1. The molecule has 2 rings (SSSR count). The van der Waals surface area contributed by atoms with Crippen molar-refractivity contribution in [3.8, 4) is 0 Å². The van der Waals surface area contributed by atoms with E-state index in [0.717, 1.165) is 10.4 Å². The van der Waals surface area contributed by atoms with Gasteiger partial charge in [-0.25, -0.2) is 17.5 Å². The van der Waals surface area contributed by atoms with E-state index in [1.165, 1.54) is 12.1 Å². The number of carbonyl (C=O) groups is 2. The van der Waals surface area contributed by atoms with Crippen molar-refractivity contribution in [2.24, 2.45) is 0 Å². The number of hydrogen-bond acceptors (Lipinski definition) is 4. The highest BCUT2D eigenvalue weighted by molar-refractivity contribution is 7.90. The molecule has 0 atom stereocenters. The van der Waals surface area contributed by atoms with Crippen LogP contribution in [0.2, 0.25) is 0 Å². The van der Waals surface area contributed by atoms with Crippen LogP contribution in [-0.2, 0) is 10.0 Å². The minimum Gasteiger partial charge on any atom is -0.478 e. The maximum Gasteiger partial charge on any atom is 0.335 e. The molecular formula is C12H13NO5S. The Kier molecular flexibility index (Phi) is 2.71. The number of carboxylic acid groups (broad SMARTS) is 1. The third-order valence-corrected chi connectivity index (χ3v) is 4.86. The normalized spacial score (nSPS) is 17.4. The monoisotopic (exact) mass is 283 g/mol. The molecule has 1 aromatic carbocycles. The van der Waals surface area contributed by atoms with E-state index in [0.29, 0.717) is 0 Å². The molecule has 1 aromatic rings. The highest BCUT2D eigenvalue weighted by atomic mass is 32.2. The molecular weight excluding hydrogens is 270 g/mol. The van der Waals surface area contributed by atoms with Gasteiger partial charge in [0.1, 0.15) is 4.90 Å². The highest BCUT2D eigenvalue weighted by Crippen LogP contribution is 2.35. The summed E-state index contributed by atoms with van der Waals surface area (Å²) in [6.45, 7) is 4.81. The minimum absolute atomic E-state index is 0.0138. The number of benzene rings is 1. The first-order valence-electron chi connectivity index (χ1n) is 5.54. The summed E-state index contributed by atoms with van der Waals surface area (Å²) in [7, 11) is -3.99. The predicted molar refractivity (Wildman–Crippen MR) is 66.5 cm³/mol. The van der Waals surface area contributed by atoms with Crippen LogP contribution < -0.4 is 0 Å². The molecule has 0 radical (unpaired) electrons. The van der Waals surface area contributed by atoms with Gasteiger partial charge in [0.15, 0.2) is 0 Å². The van der Waals surface area contributed by atoms with E-state index in [-0.39, 0.29) is 16.0 Å². The zero-order chi connectivity index (χ0) is 14.6. The van der Waals surface area contributed by atoms with Gasteiger partial charge in [-0.05, 0) is 39.0 Å². The van der Waals surface area contributed by atoms with Gasteiger partial charge in [0.05, 0.1) is 16.7 Å². The predicted octanol–water partition coefficient (Wildman–Crippen LogP) is 1.33. The third-order valence-electron chi connectivity index (χ3n) is 2.77. The summed E-state index contributed by atoms with van der Waals surface area (Å²) in [5, 5.41) is 8.88. The van der Waals surface area contributed by atoms with Gasteiger partial charge in [-0.15, -0.1) is 0 Å². The van der Waals surface area contributed by atoms with Crippen LogP contribution in [0.3, 0.4) is 0 Å². The van der Waals surface area contributed by atoms with Crippen LogP contribution in [0.5, 0.6) is 0 Å². The number of sulfonamides is 1. The van der Waals surface area contributed by atoms with Gasteiger partial charge in [-0.3, -0.25) is 4.79 Å². The van der Waals surface area contributed by atoms with Gasteiger partial charge in [0.25, 0.3) is 15.9 Å². The number of hydrogen-bond donors (Lipinski definition) is 1. The lowest BCUT2D eigenvalue weighted by molar-refractivity contribution is 0.0694. The molecule has 7 heteroatoms. The second-order valence-corrected chi connectivity index (χ2v) is 7.02. The molecule has 0 bridgehead atoms. The molecule has 19 heavy (non-hydrogen) atoms. The van der Waals surface area contributed by atoms with Crippen molar-refractivity contribution in [1.82, 2.24) is 4.31 Å². The number of carboxylic acids is 1. The molecule has 1 N–H and O–H groups in total. The van der Waals surface area contributed by atoms with Gasteiger partial charge in [0, 0.05) is 0 Å². The van der Waals surface area contributed by atoms with E-state index in [1.54, 1.807) is 20.8 Å². The maximum atomic E-state index is 12.3. The van der Waals surface area contributed by atoms with Crippen molar-refractivity contribution >= 4 is 21.9 Å². The fourth-order valence-electron chi connectivity index (χ4n) is 2.03. The third kappa shape index (κ3) is 1.90. The largest absolute Gasteiger partial charge is 0.478 e. The fourth-order valence-corrected chi connectivity index (χ4v) is 3.97. The summed E-state index contributed by atoms with van der Waals surface area (Å²) < 4.78 is 25.4. The van der Waals surface area contributed by atoms with E-state index in [2.05, 4.69) is 0 Å². The molecule has 0 aromatic heterocycles. The van der Waals surface area contributed by atoms with E-state index in [1.807, 2.05) is 0 Å². The Morgan fingerprint density at radius 1 is 1.26 bits per heavy atom. The Hall–Kier alpha value is -1.89. The van der Waals surface area contributed by atoms with Gasteiger partial charge in [-0.1, -0.05) is 0 Å². The summed E-state index contributed by atoms with van der Waals surface area (Å²) in [6.07, 6.45) is 0. The lowest BCUT2D eigenvalue weighted by Gasteiger charge is -2.29. The van der Waals surface area contributed by atoms with E-state index < -0.39 is 27.4 Å². The zero-order valence-corrected chi connectivity index (χ0v) is 11.5. The Bertz CT molecular complexity index is 685. The summed E-state index contributed by atoms with van der Waals surface area (Å²) >= 11 is 0. The van der Waals surface area contributed by atoms with E-state index in [9.17, 15) is 18.0 Å². The van der Waals surface area contributed by atoms with Gasteiger partial charge in [-0.2, -0.15) is 0 Å². The molecule has 1 amide bonds. The number of carbonyl (C=O) groups excluding carboxylic acids is 1. The number of aromatic carboxylic acids is 1. The van der Waals surface area contributed by atoms with Crippen LogP contribution in [0.1, 0.15) is 41.5 Å². The summed E-state index contributed by atoms with van der Waals surface area (Å²) in [4.78, 5) is 22.8. The Morgan fingerprint density at radius 3 is 2.32 bits per heavy atom. The van der Waals surface area contributed by atoms with E-state index >= 15 is 0 Å². The van der Waals surface area contributed by atoms with Crippen molar-refractivity contribution in [3.63, 3.8) is 0 Å². The van der Waals surface area contributed by atoms with Crippen LogP contribution >= 0.6 is 0 Å². The minimum atomic E-state index is -3.99. The molecule has 0 aliphatic carbocycles. The number of fused-ring (bicyclic) bond motifs is 1. The second-order valence-electron chi connectivity index (χ2n) is 5.26. The number of amides is 1. The van der Waals surface area contributed by atoms with Crippen molar-refractivity contribution in [2.75, 3.05) is 0 Å². The van der Waals surface area contributed by atoms with Gasteiger partial charge >= 0.3 is 5.97 Å². The maximum absolute atomic E-state index is 12.3. The van der Waals surface area contributed by atoms with Crippen LogP contribution in [0.4, 0.5) is 0 Å². The highest BCUT2D eigenvalue weighted by Gasteiger charge is 2.47. The van der Waals surface area contributed by atoms with Crippen molar-refractivity contribution in [2.45, 2.75) is 31.2 Å². The van der Waals surface area contributed by atoms with Crippen LogP contribution in [-0.4, -0.2) is 35.2 Å². The van der Waals surface area contributed by atoms with Crippen LogP contribution in [0.25, 0.3) is 0 Å². The standard InChI is InChI=1S/C12H13NO5S/c1-12(2,3)13-10(14)8-5-4-7(11(15)16)6-9(8)19(13,17)18/h4-6H,1-3H3,(H,15,16). The van der Waals surface area contributed by atoms with Crippen LogP contribution in [0.15, 0.2) is 23.1 Å². The molecule has 1 heterocycles. The van der Waals surface area contributed by atoms with Crippen molar-refractivity contribution < 1.29 is 23.1 Å². The van der Waals surface area contributed by atoms with Crippen molar-refractivity contribution in [3.05, 3.63) is 29.3 Å². The first-order valence-corrected chi connectivity index (χ1v) is 6.98. The summed E-state index contributed by atoms with van der Waals surface area (Å²) in [5.74, 6) is -1.86. The average molecular weight is 283 g/mol. The molecule has 0 unspecified atom stereocenters. The van der Waals surface area contributed by atoms with Gasteiger partial charge < -0.3 is 5.11 Å². The summed E-state index contributed by atoms with van der Waals surface area (Å²) in [5.41, 5.74) is -1.05. The lowest BCUT2D eigenvalue weighted by Crippen LogP contribution is -2.45. The first-order chi connectivity index (χ1) is 8.56. The average Bonchev–Trinajstić information content (AvgIpc) is 2.45. The molecule has 6 nitrogen and oxygen atoms in total. The molecule has 1 aliphatic rings. The molecule has 0 spiro atoms. The Morgan fingerprint density at radius 2 is 1.84 bits per heavy atom. The topological polar surface area (TPSA) is 91.8 Å². The zero-order valence-electron chi connectivity index (χ0n) is 10.7. The molecule has 0 saturated heterocycles. The van der Waals surface area contributed by atoms with Crippen molar-refractivity contribution in [1.29, 1.82) is 0 Å². The smallest absolute Gasteiger partial charge is 0.335 e. The quantitative estimate of drug-likeness (QED) is 0.839. The number of rotatable bonds is 1. The molecule has 1 aliphatic heterocycles. The fraction of sp³-hybridized carbons (Fsp3) is 0.333. The van der Waals surface area contributed by atoms with Gasteiger partial charge in [0.2, 0.25) is 0 Å². The van der Waals surface area contributed by atoms with Crippen LogP contribution in [0, 0.1) is 0 Å². The Labute approximate surface area is 110 Å². The first kappa shape index (κ1) is 13.5. The SMILES string of the molecule is CC(C)(C)N1C(=O)c2ccc(C(=O)O)cc2S1(=O)=O. The second kappa shape index (κ2) is 3.80. The molecule has 102 valence electrons. The Balaban J connectivity index is 2.72. The summed E-state index contributed by atoms with van der Waals surface area (Å²) in [6, 6.07) is 3.49.